The largest absolute Gasteiger partial charge is 0.506 e. The molecule has 0 saturated carbocycles. The van der Waals surface area contributed by atoms with Crippen LogP contribution in [0.25, 0.3) is 0 Å². The van der Waals surface area contributed by atoms with Crippen LogP contribution >= 0.6 is 11.6 Å². The van der Waals surface area contributed by atoms with E-state index in [1.807, 2.05) is 12.1 Å². The van der Waals surface area contributed by atoms with Crippen molar-refractivity contribution in [2.75, 3.05) is 13.1 Å². The lowest BCUT2D eigenvalue weighted by molar-refractivity contribution is -0.182. The molecule has 1 saturated heterocycles. The Morgan fingerprint density at radius 3 is 2.37 bits per heavy atom. The van der Waals surface area contributed by atoms with E-state index >= 15 is 0 Å². The number of hydrogen-bond donors (Lipinski definition) is 1. The van der Waals surface area contributed by atoms with Crippen LogP contribution in [0.3, 0.4) is 0 Å². The van der Waals surface area contributed by atoms with Crippen LogP contribution in [0.2, 0.25) is 5.02 Å². The summed E-state index contributed by atoms with van der Waals surface area (Å²) in [4.78, 5) is 2.30. The van der Waals surface area contributed by atoms with Crippen molar-refractivity contribution in [3.05, 3.63) is 28.8 Å². The van der Waals surface area contributed by atoms with E-state index in [0.29, 0.717) is 11.6 Å². The Balaban J connectivity index is 2.16. The zero-order valence-corrected chi connectivity index (χ0v) is 12.8. The first-order valence-electron chi connectivity index (χ1n) is 6.57. The van der Waals surface area contributed by atoms with Crippen LogP contribution in [0.5, 0.6) is 5.75 Å². The first-order valence-corrected chi connectivity index (χ1v) is 6.95. The second-order valence-electron chi connectivity index (χ2n) is 6.51. The third-order valence-corrected chi connectivity index (χ3v) is 3.53. The molecule has 0 atom stereocenters. The Bertz CT molecular complexity index is 455. The lowest BCUT2D eigenvalue weighted by Crippen LogP contribution is -2.56. The number of phenols is 1. The molecule has 4 heteroatoms. The highest BCUT2D eigenvalue weighted by Crippen LogP contribution is 2.32. The quantitative estimate of drug-likeness (QED) is 0.902. The molecule has 0 radical (unpaired) electrons. The third-order valence-electron chi connectivity index (χ3n) is 3.23. The average Bonchev–Trinajstić information content (AvgIpc) is 2.20. The van der Waals surface area contributed by atoms with E-state index in [1.165, 1.54) is 0 Å². The summed E-state index contributed by atoms with van der Waals surface area (Å²) in [6.45, 7) is 10.7. The van der Waals surface area contributed by atoms with E-state index in [2.05, 4.69) is 32.6 Å². The van der Waals surface area contributed by atoms with Gasteiger partial charge in [0, 0.05) is 25.2 Å². The predicted octanol–water partition coefficient (Wildman–Crippen LogP) is 3.44. The van der Waals surface area contributed by atoms with Crippen molar-refractivity contribution in [1.29, 1.82) is 0 Å². The van der Waals surface area contributed by atoms with E-state index in [0.717, 1.165) is 18.7 Å². The molecule has 1 aromatic carbocycles. The number of nitrogens with zero attached hydrogens (tertiary/aromatic N) is 1. The number of halogens is 1. The molecule has 2 rings (SSSR count). The molecule has 0 bridgehead atoms. The Kier molecular flexibility index (Phi) is 3.83. The highest BCUT2D eigenvalue weighted by atomic mass is 35.5. The minimum absolute atomic E-state index is 0.185. The van der Waals surface area contributed by atoms with Gasteiger partial charge in [-0.25, -0.2) is 0 Å². The first-order chi connectivity index (χ1) is 8.69. The van der Waals surface area contributed by atoms with Crippen LogP contribution in [-0.2, 0) is 11.3 Å². The molecular formula is C15H22ClNO2. The van der Waals surface area contributed by atoms with Crippen molar-refractivity contribution < 1.29 is 9.84 Å². The smallest absolute Gasteiger partial charge is 0.138 e. The summed E-state index contributed by atoms with van der Waals surface area (Å²) in [7, 11) is 0. The fourth-order valence-corrected chi connectivity index (χ4v) is 3.18. The summed E-state index contributed by atoms with van der Waals surface area (Å²) in [6, 6.07) is 5.48. The van der Waals surface area contributed by atoms with Gasteiger partial charge in [0.05, 0.1) is 16.2 Å². The van der Waals surface area contributed by atoms with Crippen molar-refractivity contribution in [3.8, 4) is 5.75 Å². The van der Waals surface area contributed by atoms with E-state index in [9.17, 15) is 5.11 Å². The topological polar surface area (TPSA) is 32.7 Å². The minimum Gasteiger partial charge on any atom is -0.506 e. The Morgan fingerprint density at radius 2 is 1.79 bits per heavy atom. The number of morpholine rings is 1. The summed E-state index contributed by atoms with van der Waals surface area (Å²) in [5.41, 5.74) is 0.493. The van der Waals surface area contributed by atoms with Gasteiger partial charge in [-0.15, -0.1) is 0 Å². The molecule has 3 nitrogen and oxygen atoms in total. The van der Waals surface area contributed by atoms with Crippen LogP contribution in [-0.4, -0.2) is 34.3 Å². The van der Waals surface area contributed by atoms with Gasteiger partial charge in [0.15, 0.2) is 0 Å². The van der Waals surface area contributed by atoms with Gasteiger partial charge < -0.3 is 9.84 Å². The monoisotopic (exact) mass is 283 g/mol. The zero-order chi connectivity index (χ0) is 14.3. The maximum Gasteiger partial charge on any atom is 0.138 e. The molecule has 1 aliphatic heterocycles. The molecule has 0 amide bonds. The molecule has 1 fully saturated rings. The van der Waals surface area contributed by atoms with E-state index in [-0.39, 0.29) is 17.0 Å². The SMILES string of the molecule is CC1(C)CN(Cc2cccc(Cl)c2O)CC(C)(C)O1. The highest BCUT2D eigenvalue weighted by Gasteiger charge is 2.38. The lowest BCUT2D eigenvalue weighted by Gasteiger charge is -2.47. The standard InChI is InChI=1S/C15H22ClNO2/c1-14(2)9-17(10-15(3,4)19-14)8-11-6-5-7-12(16)13(11)18/h5-7,18H,8-10H2,1-4H3. The van der Waals surface area contributed by atoms with Gasteiger partial charge in [-0.05, 0) is 33.8 Å². The second kappa shape index (κ2) is 4.97. The van der Waals surface area contributed by atoms with E-state index < -0.39 is 0 Å². The Labute approximate surface area is 120 Å². The number of rotatable bonds is 2. The molecule has 106 valence electrons. The second-order valence-corrected chi connectivity index (χ2v) is 6.92. The average molecular weight is 284 g/mol. The Hall–Kier alpha value is -0.770. The van der Waals surface area contributed by atoms with Gasteiger partial charge in [-0.2, -0.15) is 0 Å². The van der Waals surface area contributed by atoms with Crippen molar-refractivity contribution in [2.45, 2.75) is 45.4 Å². The zero-order valence-electron chi connectivity index (χ0n) is 12.0. The summed E-state index contributed by atoms with van der Waals surface area (Å²) < 4.78 is 6.05. The fourth-order valence-electron chi connectivity index (χ4n) is 2.99. The number of hydrogen-bond acceptors (Lipinski definition) is 3. The normalized spacial score (nSPS) is 22.4. The number of phenolic OH excluding ortho intramolecular Hbond substituents is 1. The van der Waals surface area contributed by atoms with Crippen LogP contribution in [0.15, 0.2) is 18.2 Å². The molecular weight excluding hydrogens is 262 g/mol. The van der Waals surface area contributed by atoms with Crippen LogP contribution in [0.1, 0.15) is 33.3 Å². The van der Waals surface area contributed by atoms with Gasteiger partial charge in [-0.1, -0.05) is 23.7 Å². The lowest BCUT2D eigenvalue weighted by atomic mass is 9.98. The third kappa shape index (κ3) is 3.62. The molecule has 0 aliphatic carbocycles. The van der Waals surface area contributed by atoms with Crippen LogP contribution < -0.4 is 0 Å². The van der Waals surface area contributed by atoms with Crippen LogP contribution in [0, 0.1) is 0 Å². The Morgan fingerprint density at radius 1 is 1.21 bits per heavy atom. The summed E-state index contributed by atoms with van der Waals surface area (Å²) in [6.07, 6.45) is 0. The van der Waals surface area contributed by atoms with Gasteiger partial charge in [0.25, 0.3) is 0 Å². The van der Waals surface area contributed by atoms with Crippen LogP contribution in [0.4, 0.5) is 0 Å². The molecule has 1 N–H and O–H groups in total. The molecule has 1 aromatic rings. The van der Waals surface area contributed by atoms with Gasteiger partial charge in [-0.3, -0.25) is 4.90 Å². The fraction of sp³-hybridized carbons (Fsp3) is 0.600. The molecule has 1 heterocycles. The summed E-state index contributed by atoms with van der Waals surface area (Å²) in [5.74, 6) is 0.186. The van der Waals surface area contributed by atoms with E-state index in [1.54, 1.807) is 6.07 Å². The van der Waals surface area contributed by atoms with Crippen molar-refractivity contribution in [1.82, 2.24) is 4.90 Å². The molecule has 0 aromatic heterocycles. The number of aromatic hydroxyl groups is 1. The van der Waals surface area contributed by atoms with Gasteiger partial charge in [0.2, 0.25) is 0 Å². The highest BCUT2D eigenvalue weighted by molar-refractivity contribution is 6.32. The number of benzene rings is 1. The van der Waals surface area contributed by atoms with Crippen molar-refractivity contribution in [3.63, 3.8) is 0 Å². The molecule has 0 spiro atoms. The number of para-hydroxylation sites is 1. The maximum absolute atomic E-state index is 10.00. The summed E-state index contributed by atoms with van der Waals surface area (Å²) >= 11 is 5.95. The van der Waals surface area contributed by atoms with Gasteiger partial charge >= 0.3 is 0 Å². The predicted molar refractivity (Wildman–Crippen MR) is 77.6 cm³/mol. The van der Waals surface area contributed by atoms with Crippen molar-refractivity contribution in [2.24, 2.45) is 0 Å². The molecule has 0 unspecified atom stereocenters. The van der Waals surface area contributed by atoms with Gasteiger partial charge in [0.1, 0.15) is 5.75 Å². The summed E-state index contributed by atoms with van der Waals surface area (Å²) in [5, 5.41) is 10.4. The number of ether oxygens (including phenoxy) is 1. The van der Waals surface area contributed by atoms with Crippen molar-refractivity contribution >= 4 is 11.6 Å². The first kappa shape index (κ1) is 14.6. The minimum atomic E-state index is -0.185. The molecule has 19 heavy (non-hydrogen) atoms. The molecule has 1 aliphatic rings. The maximum atomic E-state index is 10.00. The van der Waals surface area contributed by atoms with E-state index in [4.69, 9.17) is 16.3 Å².